The minimum absolute atomic E-state index is 0.912. The molecule has 0 spiro atoms. The fraction of sp³-hybridized carbons (Fsp3) is 0.286. The Bertz CT molecular complexity index is 214. The van der Waals surface area contributed by atoms with Crippen molar-refractivity contribution in [3.63, 3.8) is 0 Å². The van der Waals surface area contributed by atoms with Gasteiger partial charge < -0.3 is 4.90 Å². The van der Waals surface area contributed by atoms with Crippen LogP contribution in [0.5, 0.6) is 0 Å². The fourth-order valence-electron chi connectivity index (χ4n) is 0.621. The summed E-state index contributed by atoms with van der Waals surface area (Å²) in [6.07, 6.45) is 0. The predicted octanol–water partition coefficient (Wildman–Crippen LogP) is 1.99. The van der Waals surface area contributed by atoms with Gasteiger partial charge in [0.25, 0.3) is 0 Å². The highest BCUT2D eigenvalue weighted by Crippen LogP contribution is 2.10. The van der Waals surface area contributed by atoms with Gasteiger partial charge in [-0.2, -0.15) is 0 Å². The van der Waals surface area contributed by atoms with Gasteiger partial charge in [0.1, 0.15) is 4.99 Å². The van der Waals surface area contributed by atoms with E-state index in [2.05, 4.69) is 0 Å². The average Bonchev–Trinajstić information content (AvgIpc) is 2.36. The van der Waals surface area contributed by atoms with Gasteiger partial charge in [-0.1, -0.05) is 18.3 Å². The summed E-state index contributed by atoms with van der Waals surface area (Å²) < 4.78 is 0. The molecule has 1 aromatic heterocycles. The summed E-state index contributed by atoms with van der Waals surface area (Å²) in [7, 11) is 3.92. The quantitative estimate of drug-likeness (QED) is 0.594. The normalized spacial score (nSPS) is 9.40. The van der Waals surface area contributed by atoms with Gasteiger partial charge in [-0.05, 0) is 11.4 Å². The zero-order chi connectivity index (χ0) is 7.56. The Balaban J connectivity index is 2.78. The van der Waals surface area contributed by atoms with E-state index in [1.54, 1.807) is 11.3 Å². The molecular weight excluding hydrogens is 162 g/mol. The van der Waals surface area contributed by atoms with Gasteiger partial charge in [0.05, 0.1) is 4.88 Å². The number of thiophene rings is 1. The molecule has 10 heavy (non-hydrogen) atoms. The maximum Gasteiger partial charge on any atom is 0.118 e. The number of nitrogens with zero attached hydrogens (tertiary/aromatic N) is 1. The molecule has 0 radical (unpaired) electrons. The van der Waals surface area contributed by atoms with E-state index in [1.165, 1.54) is 4.88 Å². The molecule has 0 saturated carbocycles. The van der Waals surface area contributed by atoms with Crippen molar-refractivity contribution in [2.45, 2.75) is 0 Å². The third-order valence-electron chi connectivity index (χ3n) is 1.14. The topological polar surface area (TPSA) is 3.24 Å². The number of hydrogen-bond acceptors (Lipinski definition) is 2. The summed E-state index contributed by atoms with van der Waals surface area (Å²) in [5.41, 5.74) is 0. The van der Waals surface area contributed by atoms with Crippen LogP contribution in [0.25, 0.3) is 0 Å². The zero-order valence-electron chi connectivity index (χ0n) is 6.00. The second kappa shape index (κ2) is 3.12. The van der Waals surface area contributed by atoms with Crippen LogP contribution in [-0.4, -0.2) is 24.0 Å². The standard InChI is InChI=1S/C7H9NS2/c1-8(2)7(9)6-4-3-5-10-6/h3-5H,1-2H3. The molecule has 0 bridgehead atoms. The summed E-state index contributed by atoms with van der Waals surface area (Å²) in [5.74, 6) is 0. The average molecular weight is 171 g/mol. The highest BCUT2D eigenvalue weighted by Gasteiger charge is 2.01. The maximum atomic E-state index is 5.13. The summed E-state index contributed by atoms with van der Waals surface area (Å²) in [6.45, 7) is 0. The van der Waals surface area contributed by atoms with Gasteiger partial charge in [-0.25, -0.2) is 0 Å². The van der Waals surface area contributed by atoms with Crippen molar-refractivity contribution in [2.75, 3.05) is 14.1 Å². The Morgan fingerprint density at radius 1 is 1.60 bits per heavy atom. The van der Waals surface area contributed by atoms with Gasteiger partial charge in [-0.15, -0.1) is 11.3 Å². The summed E-state index contributed by atoms with van der Waals surface area (Å²) in [5, 5.41) is 2.03. The van der Waals surface area contributed by atoms with Crippen LogP contribution in [0.3, 0.4) is 0 Å². The Morgan fingerprint density at radius 3 is 2.70 bits per heavy atom. The van der Waals surface area contributed by atoms with Gasteiger partial charge >= 0.3 is 0 Å². The second-order valence-corrected chi connectivity index (χ2v) is 3.51. The number of thiocarbonyl (C=S) groups is 1. The summed E-state index contributed by atoms with van der Waals surface area (Å²) in [6, 6.07) is 4.04. The van der Waals surface area contributed by atoms with Crippen LogP contribution >= 0.6 is 23.6 Å². The molecule has 1 rings (SSSR count). The molecule has 0 aliphatic heterocycles. The minimum Gasteiger partial charge on any atom is -0.368 e. The van der Waals surface area contributed by atoms with Crippen LogP contribution < -0.4 is 0 Å². The highest BCUT2D eigenvalue weighted by molar-refractivity contribution is 7.81. The van der Waals surface area contributed by atoms with Crippen LogP contribution in [0.2, 0.25) is 0 Å². The molecule has 0 N–H and O–H groups in total. The van der Waals surface area contributed by atoms with Crippen molar-refractivity contribution in [2.24, 2.45) is 0 Å². The molecule has 0 saturated heterocycles. The van der Waals surface area contributed by atoms with Crippen LogP contribution in [-0.2, 0) is 0 Å². The van der Waals surface area contributed by atoms with E-state index in [9.17, 15) is 0 Å². The van der Waals surface area contributed by atoms with Crippen LogP contribution in [0.15, 0.2) is 17.5 Å². The molecule has 0 aromatic carbocycles. The van der Waals surface area contributed by atoms with E-state index in [-0.39, 0.29) is 0 Å². The molecule has 1 heterocycles. The van der Waals surface area contributed by atoms with Crippen molar-refractivity contribution in [3.05, 3.63) is 22.4 Å². The van der Waals surface area contributed by atoms with E-state index in [0.717, 1.165) is 4.99 Å². The lowest BCUT2D eigenvalue weighted by Gasteiger charge is -2.10. The van der Waals surface area contributed by atoms with Gasteiger partial charge in [0, 0.05) is 14.1 Å². The molecule has 0 fully saturated rings. The molecule has 1 aromatic rings. The Kier molecular flexibility index (Phi) is 2.40. The van der Waals surface area contributed by atoms with Crippen LogP contribution in [0.1, 0.15) is 4.88 Å². The first kappa shape index (κ1) is 7.69. The van der Waals surface area contributed by atoms with Crippen molar-refractivity contribution in [1.82, 2.24) is 4.90 Å². The zero-order valence-corrected chi connectivity index (χ0v) is 7.63. The molecule has 3 heteroatoms. The first-order valence-corrected chi connectivity index (χ1v) is 4.26. The lowest BCUT2D eigenvalue weighted by molar-refractivity contribution is 0.638. The van der Waals surface area contributed by atoms with Gasteiger partial charge in [-0.3, -0.25) is 0 Å². The number of rotatable bonds is 1. The minimum atomic E-state index is 0.912. The van der Waals surface area contributed by atoms with E-state index < -0.39 is 0 Å². The Hall–Kier alpha value is -0.410. The molecule has 0 atom stereocenters. The molecule has 54 valence electrons. The summed E-state index contributed by atoms with van der Waals surface area (Å²) >= 11 is 6.81. The monoisotopic (exact) mass is 171 g/mol. The molecule has 0 unspecified atom stereocenters. The largest absolute Gasteiger partial charge is 0.368 e. The first-order valence-electron chi connectivity index (χ1n) is 2.97. The number of hydrogen-bond donors (Lipinski definition) is 0. The van der Waals surface area contributed by atoms with Crippen LogP contribution in [0.4, 0.5) is 0 Å². The third-order valence-corrected chi connectivity index (χ3v) is 2.73. The smallest absolute Gasteiger partial charge is 0.118 e. The molecule has 0 aliphatic carbocycles. The lowest BCUT2D eigenvalue weighted by atomic mass is 10.4. The third kappa shape index (κ3) is 1.55. The van der Waals surface area contributed by atoms with Crippen LogP contribution in [0, 0.1) is 0 Å². The van der Waals surface area contributed by atoms with Gasteiger partial charge in [0.15, 0.2) is 0 Å². The van der Waals surface area contributed by atoms with E-state index in [1.807, 2.05) is 36.5 Å². The molecule has 0 amide bonds. The predicted molar refractivity (Wildman–Crippen MR) is 49.7 cm³/mol. The highest BCUT2D eigenvalue weighted by atomic mass is 32.1. The molecule has 0 aliphatic rings. The van der Waals surface area contributed by atoms with Crippen molar-refractivity contribution in [3.8, 4) is 0 Å². The molecular formula is C7H9NS2. The maximum absolute atomic E-state index is 5.13. The second-order valence-electron chi connectivity index (χ2n) is 2.18. The Labute approximate surface area is 70.3 Å². The SMILES string of the molecule is CN(C)C(=S)c1cccs1. The Morgan fingerprint density at radius 2 is 2.30 bits per heavy atom. The van der Waals surface area contributed by atoms with Crippen molar-refractivity contribution >= 4 is 28.5 Å². The van der Waals surface area contributed by atoms with E-state index in [0.29, 0.717) is 0 Å². The van der Waals surface area contributed by atoms with Crippen molar-refractivity contribution < 1.29 is 0 Å². The van der Waals surface area contributed by atoms with Gasteiger partial charge in [0.2, 0.25) is 0 Å². The van der Waals surface area contributed by atoms with Crippen molar-refractivity contribution in [1.29, 1.82) is 0 Å². The fourth-order valence-corrected chi connectivity index (χ4v) is 1.58. The van der Waals surface area contributed by atoms with E-state index in [4.69, 9.17) is 12.2 Å². The summed E-state index contributed by atoms with van der Waals surface area (Å²) in [4.78, 5) is 4.02. The van der Waals surface area contributed by atoms with E-state index >= 15 is 0 Å². The first-order chi connectivity index (χ1) is 4.72. The lowest BCUT2D eigenvalue weighted by Crippen LogP contribution is -2.19. The molecule has 1 nitrogen and oxygen atoms in total.